The number of hydrogen-bond donors (Lipinski definition) is 5. The molecule has 0 radical (unpaired) electrons. The monoisotopic (exact) mass is 692 g/mol. The van der Waals surface area contributed by atoms with Crippen molar-refractivity contribution in [2.45, 2.75) is 110 Å². The van der Waals surface area contributed by atoms with Gasteiger partial charge in [0.1, 0.15) is 11.8 Å². The summed E-state index contributed by atoms with van der Waals surface area (Å²) in [6.07, 6.45) is 6.15. The van der Waals surface area contributed by atoms with E-state index in [9.17, 15) is 18.8 Å². The number of hydrogen-bond acceptors (Lipinski definition) is 11. The Morgan fingerprint density at radius 1 is 1.11 bits per heavy atom. The lowest BCUT2D eigenvalue weighted by Gasteiger charge is -2.27. The Balaban J connectivity index is 0. The smallest absolute Gasteiger partial charge is 0.323 e. The summed E-state index contributed by atoms with van der Waals surface area (Å²) < 4.78 is 32.3. The van der Waals surface area contributed by atoms with Crippen LogP contribution in [0.4, 0.5) is 4.39 Å². The molecule has 2 amide bonds. The number of nitrogens with two attached hydrogens (primary N) is 1. The number of carbonyl (C=O) groups excluding carboxylic acids is 3. The van der Waals surface area contributed by atoms with Gasteiger partial charge in [0.15, 0.2) is 5.79 Å². The third-order valence-electron chi connectivity index (χ3n) is 6.35. The zero-order chi connectivity index (χ0) is 36.4. The van der Waals surface area contributed by atoms with Gasteiger partial charge in [0, 0.05) is 51.9 Å². The fraction of sp³-hybridized carbons (Fsp3) is 0.656. The van der Waals surface area contributed by atoms with Gasteiger partial charge in [0.2, 0.25) is 12.3 Å². The molecule has 6 N–H and O–H groups in total. The standard InChI is InChI=1S/C24H39N4O7P.C5H10O2.C2H6.CH3F/c1-17(2)34-24(31)19(4)27-36(35-21-9-7-20(14-25)8-10-21)33-15-22(32-6)13-18(3)28(16-29)12-11-23(30)26-5;6-5(7)3-1-2-4-5;2*1-2/h7-12,16-19,22,27H,13-15,25H2,1-6H3,(H,26,30);6-7H,1-4H2;1-2H3;1H3/b12-11-;;;/t18?,19-,22?,36?;;;/m0.../s1. The zero-order valence-corrected chi connectivity index (χ0v) is 30.3. The molecule has 1 aliphatic carbocycles. The van der Waals surface area contributed by atoms with Gasteiger partial charge < -0.3 is 44.7 Å². The normalized spacial score (nSPS) is 15.7. The number of carbonyl (C=O) groups is 3. The van der Waals surface area contributed by atoms with Gasteiger partial charge in [-0.15, -0.1) is 0 Å². The van der Waals surface area contributed by atoms with Crippen molar-refractivity contribution in [1.82, 2.24) is 15.3 Å². The van der Waals surface area contributed by atoms with Crippen molar-refractivity contribution in [1.29, 1.82) is 0 Å². The van der Waals surface area contributed by atoms with E-state index in [4.69, 9.17) is 34.5 Å². The van der Waals surface area contributed by atoms with Crippen molar-refractivity contribution < 1.29 is 47.5 Å². The molecule has 0 saturated heterocycles. The number of amides is 2. The minimum Gasteiger partial charge on any atom is -0.462 e. The molecule has 47 heavy (non-hydrogen) atoms. The number of halogens is 1. The summed E-state index contributed by atoms with van der Waals surface area (Å²) >= 11 is 0. The van der Waals surface area contributed by atoms with Crippen molar-refractivity contribution in [3.63, 3.8) is 0 Å². The first-order chi connectivity index (χ1) is 22.3. The largest absolute Gasteiger partial charge is 0.462 e. The number of rotatable bonds is 17. The summed E-state index contributed by atoms with van der Waals surface area (Å²) in [4.78, 5) is 36.6. The number of aliphatic hydroxyl groups is 2. The number of likely N-dealkylation sites (N-methyl/N-ethyl adjacent to an activating group) is 1. The third kappa shape index (κ3) is 21.7. The number of esters is 1. The Morgan fingerprint density at radius 3 is 2.11 bits per heavy atom. The highest BCUT2D eigenvalue weighted by Crippen LogP contribution is 2.37. The molecule has 272 valence electrons. The lowest BCUT2D eigenvalue weighted by molar-refractivity contribution is -0.153. The second-order valence-electron chi connectivity index (χ2n) is 10.4. The Hall–Kier alpha value is -2.71. The molecule has 1 aromatic carbocycles. The molecule has 0 bridgehead atoms. The van der Waals surface area contributed by atoms with Gasteiger partial charge >= 0.3 is 14.5 Å². The molecule has 13 nitrogen and oxygen atoms in total. The summed E-state index contributed by atoms with van der Waals surface area (Å²) in [6, 6.07) is 6.29. The highest BCUT2D eigenvalue weighted by atomic mass is 31.2. The van der Waals surface area contributed by atoms with Crippen molar-refractivity contribution >= 4 is 26.8 Å². The maximum Gasteiger partial charge on any atom is 0.323 e. The van der Waals surface area contributed by atoms with E-state index in [-0.39, 0.29) is 24.7 Å². The van der Waals surface area contributed by atoms with Gasteiger partial charge in [-0.05, 0) is 64.7 Å². The molecule has 0 heterocycles. The average molecular weight is 693 g/mol. The first-order valence-corrected chi connectivity index (χ1v) is 16.9. The first kappa shape index (κ1) is 46.4. The molecule has 2 rings (SSSR count). The molecule has 0 spiro atoms. The van der Waals surface area contributed by atoms with Gasteiger partial charge in [0.05, 0.1) is 26.0 Å². The topological polar surface area (TPSA) is 182 Å². The second-order valence-corrected chi connectivity index (χ2v) is 11.7. The quantitative estimate of drug-likeness (QED) is 0.0522. The van der Waals surface area contributed by atoms with E-state index in [1.165, 1.54) is 31.3 Å². The van der Waals surface area contributed by atoms with E-state index < -0.39 is 32.4 Å². The van der Waals surface area contributed by atoms with Crippen LogP contribution in [0, 0.1) is 0 Å². The number of methoxy groups -OCH3 is 1. The van der Waals surface area contributed by atoms with Crippen molar-refractivity contribution in [3.8, 4) is 5.75 Å². The fourth-order valence-electron chi connectivity index (χ4n) is 3.77. The minimum absolute atomic E-state index is 0.123. The van der Waals surface area contributed by atoms with Crippen molar-refractivity contribution in [3.05, 3.63) is 42.1 Å². The molecule has 1 fully saturated rings. The summed E-state index contributed by atoms with van der Waals surface area (Å²) in [5.74, 6) is -1.51. The molecule has 1 saturated carbocycles. The SMILES string of the molecule is CC.CF.CNC(=O)/C=C\N(C=O)C(C)CC(COP(N[C@@H](C)C(=O)OC(C)C)Oc1ccc(CN)cc1)OC.OC1(O)CCCC1. The van der Waals surface area contributed by atoms with Gasteiger partial charge in [-0.1, -0.05) is 26.0 Å². The molecular weight excluding hydrogens is 634 g/mol. The highest BCUT2D eigenvalue weighted by Gasteiger charge is 2.27. The highest BCUT2D eigenvalue weighted by molar-refractivity contribution is 7.45. The Morgan fingerprint density at radius 2 is 1.68 bits per heavy atom. The van der Waals surface area contributed by atoms with E-state index in [1.54, 1.807) is 32.9 Å². The summed E-state index contributed by atoms with van der Waals surface area (Å²) in [5.41, 5.74) is 6.61. The van der Waals surface area contributed by atoms with Crippen LogP contribution >= 0.6 is 8.53 Å². The van der Waals surface area contributed by atoms with E-state index in [1.807, 2.05) is 32.9 Å². The predicted octanol–water partition coefficient (Wildman–Crippen LogP) is 4.06. The molecule has 0 aromatic heterocycles. The molecule has 1 aromatic rings. The van der Waals surface area contributed by atoms with Crippen LogP contribution < -0.4 is 20.7 Å². The van der Waals surface area contributed by atoms with E-state index in [2.05, 4.69) is 10.4 Å². The number of alkyl halides is 1. The zero-order valence-electron chi connectivity index (χ0n) is 29.4. The lowest BCUT2D eigenvalue weighted by atomic mass is 10.1. The van der Waals surface area contributed by atoms with Crippen LogP contribution in [-0.4, -0.2) is 91.4 Å². The molecule has 3 unspecified atom stereocenters. The Bertz CT molecular complexity index is 995. The average Bonchev–Trinajstić information content (AvgIpc) is 3.48. The number of nitrogens with zero attached hydrogens (tertiary/aromatic N) is 1. The lowest BCUT2D eigenvalue weighted by Crippen LogP contribution is -2.36. The van der Waals surface area contributed by atoms with E-state index in [0.717, 1.165) is 18.4 Å². The summed E-state index contributed by atoms with van der Waals surface area (Å²) in [6.45, 7) is 11.6. The maximum absolute atomic E-state index is 12.3. The summed E-state index contributed by atoms with van der Waals surface area (Å²) in [5, 5.41) is 23.0. The van der Waals surface area contributed by atoms with Gasteiger partial charge in [-0.2, -0.15) is 0 Å². The van der Waals surface area contributed by atoms with Crippen LogP contribution in [-0.2, 0) is 34.9 Å². The van der Waals surface area contributed by atoms with E-state index in [0.29, 0.717) is 45.1 Å². The number of ether oxygens (including phenoxy) is 2. The fourth-order valence-corrected chi connectivity index (χ4v) is 4.98. The van der Waals surface area contributed by atoms with E-state index >= 15 is 0 Å². The first-order valence-electron chi connectivity index (χ1n) is 15.7. The molecule has 4 atom stereocenters. The summed E-state index contributed by atoms with van der Waals surface area (Å²) in [7, 11) is 1.78. The van der Waals surface area contributed by atoms with Crippen molar-refractivity contribution in [2.75, 3.05) is 27.9 Å². The Labute approximate surface area is 281 Å². The van der Waals surface area contributed by atoms with Crippen LogP contribution in [0.2, 0.25) is 0 Å². The van der Waals surface area contributed by atoms with Crippen LogP contribution in [0.15, 0.2) is 36.5 Å². The predicted molar refractivity (Wildman–Crippen MR) is 182 cm³/mol. The molecule has 1 aliphatic rings. The maximum atomic E-state index is 12.3. The van der Waals surface area contributed by atoms with Gasteiger partial charge in [0.25, 0.3) is 0 Å². The third-order valence-corrected chi connectivity index (χ3v) is 7.70. The van der Waals surface area contributed by atoms with Gasteiger partial charge in [-0.3, -0.25) is 18.8 Å². The molecule has 15 heteroatoms. The second kappa shape index (κ2) is 27.3. The van der Waals surface area contributed by atoms with Crippen LogP contribution in [0.25, 0.3) is 0 Å². The molecular formula is C32H58FN4O9P. The van der Waals surface area contributed by atoms with Crippen LogP contribution in [0.5, 0.6) is 5.75 Å². The molecule has 0 aliphatic heterocycles. The Kier molecular flexibility index (Phi) is 26.9. The van der Waals surface area contributed by atoms with Gasteiger partial charge in [-0.25, -0.2) is 5.09 Å². The number of nitrogens with one attached hydrogen (secondary N) is 2. The van der Waals surface area contributed by atoms with Crippen molar-refractivity contribution in [2.24, 2.45) is 5.73 Å². The van der Waals surface area contributed by atoms with Crippen LogP contribution in [0.1, 0.15) is 79.2 Å². The minimum atomic E-state index is -1.76. The number of benzene rings is 1. The van der Waals surface area contributed by atoms with Crippen LogP contribution in [0.3, 0.4) is 0 Å².